The van der Waals surface area contributed by atoms with Gasteiger partial charge in [0.05, 0.1) is 13.2 Å². The van der Waals surface area contributed by atoms with Gasteiger partial charge in [0, 0.05) is 23.1 Å². The molecule has 1 rings (SSSR count). The molecule has 0 bridgehead atoms. The van der Waals surface area contributed by atoms with Crippen LogP contribution in [0.1, 0.15) is 23.7 Å². The third-order valence-electron chi connectivity index (χ3n) is 2.65. The molecule has 0 spiro atoms. The number of aliphatic hydroxyl groups is 1. The van der Waals surface area contributed by atoms with Crippen molar-refractivity contribution < 1.29 is 23.4 Å². The third-order valence-corrected chi connectivity index (χ3v) is 3.50. The molecule has 0 saturated carbocycles. The smallest absolute Gasteiger partial charge is 0.261 e. The molecular weight excluding hydrogens is 322 g/mol. The molecule has 3 nitrogen and oxygen atoms in total. The lowest BCUT2D eigenvalue weighted by Crippen LogP contribution is -2.09. The molecule has 1 atom stereocenters. The van der Waals surface area contributed by atoms with E-state index >= 15 is 0 Å². The number of halogens is 3. The monoisotopic (exact) mass is 338 g/mol. The molecule has 0 saturated heterocycles. The molecule has 0 aliphatic carbocycles. The van der Waals surface area contributed by atoms with E-state index in [9.17, 15) is 13.9 Å². The molecule has 1 unspecified atom stereocenters. The van der Waals surface area contributed by atoms with E-state index in [2.05, 4.69) is 15.9 Å². The normalized spacial score (nSPS) is 12.8. The van der Waals surface area contributed by atoms with Crippen LogP contribution in [0, 0.1) is 6.92 Å². The van der Waals surface area contributed by atoms with Crippen LogP contribution in [0.3, 0.4) is 0 Å². The fraction of sp³-hybridized carbons (Fsp3) is 0.538. The minimum Gasteiger partial charge on any atom is -0.496 e. The molecule has 6 heteroatoms. The maximum Gasteiger partial charge on any atom is 0.261 e. The SMILES string of the molecule is COc1cc(C)c(Br)cc1C(O)CCOCC(F)F. The highest BCUT2D eigenvalue weighted by molar-refractivity contribution is 9.10. The van der Waals surface area contributed by atoms with Crippen LogP contribution < -0.4 is 4.74 Å². The second-order valence-corrected chi connectivity index (χ2v) is 4.97. The summed E-state index contributed by atoms with van der Waals surface area (Å²) in [5.41, 5.74) is 1.60. The lowest BCUT2D eigenvalue weighted by atomic mass is 10.0. The topological polar surface area (TPSA) is 38.7 Å². The number of hydrogen-bond acceptors (Lipinski definition) is 3. The predicted octanol–water partition coefficient (Wildman–Crippen LogP) is 3.47. The van der Waals surface area contributed by atoms with E-state index in [0.717, 1.165) is 10.0 Å². The van der Waals surface area contributed by atoms with Crippen LogP contribution in [-0.4, -0.2) is 31.9 Å². The van der Waals surface area contributed by atoms with Gasteiger partial charge in [-0.2, -0.15) is 0 Å². The Bertz CT molecular complexity index is 413. The molecule has 1 aromatic rings. The second-order valence-electron chi connectivity index (χ2n) is 4.11. The van der Waals surface area contributed by atoms with E-state index < -0.39 is 19.1 Å². The van der Waals surface area contributed by atoms with E-state index in [1.54, 1.807) is 6.07 Å². The first kappa shape index (κ1) is 16.3. The average Bonchev–Trinajstić information content (AvgIpc) is 2.36. The third kappa shape index (κ3) is 5.04. The van der Waals surface area contributed by atoms with Crippen molar-refractivity contribution in [3.63, 3.8) is 0 Å². The van der Waals surface area contributed by atoms with Crippen LogP contribution >= 0.6 is 15.9 Å². The number of methoxy groups -OCH3 is 1. The number of ether oxygens (including phenoxy) is 2. The van der Waals surface area contributed by atoms with E-state index in [0.29, 0.717) is 11.3 Å². The Morgan fingerprint density at radius 2 is 2.05 bits per heavy atom. The molecule has 1 aromatic carbocycles. The van der Waals surface area contributed by atoms with Crippen LogP contribution in [0.25, 0.3) is 0 Å². The predicted molar refractivity (Wildman–Crippen MR) is 71.8 cm³/mol. The number of benzene rings is 1. The largest absolute Gasteiger partial charge is 0.496 e. The van der Waals surface area contributed by atoms with Gasteiger partial charge in [0.2, 0.25) is 0 Å². The van der Waals surface area contributed by atoms with Crippen molar-refractivity contribution in [2.24, 2.45) is 0 Å². The summed E-state index contributed by atoms with van der Waals surface area (Å²) < 4.78 is 34.6. The first-order valence-electron chi connectivity index (χ1n) is 5.83. The number of hydrogen-bond donors (Lipinski definition) is 1. The Morgan fingerprint density at radius 1 is 1.37 bits per heavy atom. The first-order chi connectivity index (χ1) is 8.95. The summed E-state index contributed by atoms with van der Waals surface area (Å²) >= 11 is 3.38. The number of aryl methyl sites for hydroxylation is 1. The van der Waals surface area contributed by atoms with Crippen LogP contribution in [0.2, 0.25) is 0 Å². The summed E-state index contributed by atoms with van der Waals surface area (Å²) in [6, 6.07) is 3.58. The standard InChI is InChI=1S/C13H17BrF2O3/c1-8-5-12(18-2)9(6-10(8)14)11(17)3-4-19-7-13(15)16/h5-6,11,13,17H,3-4,7H2,1-2H3. The summed E-state index contributed by atoms with van der Waals surface area (Å²) in [6.07, 6.45) is -3.07. The van der Waals surface area contributed by atoms with Crippen LogP contribution in [0.4, 0.5) is 8.78 Å². The van der Waals surface area contributed by atoms with Gasteiger partial charge in [-0.3, -0.25) is 0 Å². The van der Waals surface area contributed by atoms with Gasteiger partial charge in [-0.1, -0.05) is 15.9 Å². The van der Waals surface area contributed by atoms with Gasteiger partial charge >= 0.3 is 0 Å². The molecule has 1 N–H and O–H groups in total. The summed E-state index contributed by atoms with van der Waals surface area (Å²) in [7, 11) is 1.52. The van der Waals surface area contributed by atoms with Crippen molar-refractivity contribution >= 4 is 15.9 Å². The number of aliphatic hydroxyl groups excluding tert-OH is 1. The van der Waals surface area contributed by atoms with Gasteiger partial charge < -0.3 is 14.6 Å². The average molecular weight is 339 g/mol. The van der Waals surface area contributed by atoms with E-state index in [4.69, 9.17) is 9.47 Å². The molecule has 0 aliphatic heterocycles. The fourth-order valence-corrected chi connectivity index (χ4v) is 1.99. The minimum absolute atomic E-state index is 0.0696. The van der Waals surface area contributed by atoms with Crippen molar-refractivity contribution in [3.8, 4) is 5.75 Å². The highest BCUT2D eigenvalue weighted by atomic mass is 79.9. The Kier molecular flexibility index (Phi) is 6.68. The zero-order valence-corrected chi connectivity index (χ0v) is 12.4. The van der Waals surface area contributed by atoms with E-state index in [1.807, 2.05) is 13.0 Å². The first-order valence-corrected chi connectivity index (χ1v) is 6.63. The molecule has 19 heavy (non-hydrogen) atoms. The van der Waals surface area contributed by atoms with Gasteiger partial charge in [-0.15, -0.1) is 0 Å². The molecule has 0 aliphatic rings. The second kappa shape index (κ2) is 7.77. The number of alkyl halides is 2. The summed E-state index contributed by atoms with van der Waals surface area (Å²) in [6.45, 7) is 1.37. The molecule has 0 aromatic heterocycles. The van der Waals surface area contributed by atoms with Crippen molar-refractivity contribution in [2.75, 3.05) is 20.3 Å². The van der Waals surface area contributed by atoms with Gasteiger partial charge in [0.1, 0.15) is 12.4 Å². The molecule has 108 valence electrons. The maximum absolute atomic E-state index is 11.9. The van der Waals surface area contributed by atoms with Crippen molar-refractivity contribution in [3.05, 3.63) is 27.7 Å². The maximum atomic E-state index is 11.9. The van der Waals surface area contributed by atoms with Crippen LogP contribution in [-0.2, 0) is 4.74 Å². The Balaban J connectivity index is 2.65. The Morgan fingerprint density at radius 3 is 2.63 bits per heavy atom. The lowest BCUT2D eigenvalue weighted by Gasteiger charge is -2.16. The zero-order valence-electron chi connectivity index (χ0n) is 10.8. The van der Waals surface area contributed by atoms with Crippen LogP contribution in [0.5, 0.6) is 5.75 Å². The van der Waals surface area contributed by atoms with Crippen LogP contribution in [0.15, 0.2) is 16.6 Å². The quantitative estimate of drug-likeness (QED) is 0.773. The Hall–Kier alpha value is -0.720. The van der Waals surface area contributed by atoms with Gasteiger partial charge in [0.25, 0.3) is 6.43 Å². The van der Waals surface area contributed by atoms with Crippen molar-refractivity contribution in [1.29, 1.82) is 0 Å². The highest BCUT2D eigenvalue weighted by Crippen LogP contribution is 2.32. The van der Waals surface area contributed by atoms with E-state index in [-0.39, 0.29) is 13.0 Å². The molecule has 0 heterocycles. The van der Waals surface area contributed by atoms with Gasteiger partial charge in [-0.05, 0) is 24.6 Å². The summed E-state index contributed by atoms with van der Waals surface area (Å²) in [5.74, 6) is 0.571. The fourth-order valence-electron chi connectivity index (χ4n) is 1.63. The highest BCUT2D eigenvalue weighted by Gasteiger charge is 2.15. The molecule has 0 amide bonds. The van der Waals surface area contributed by atoms with Gasteiger partial charge in [-0.25, -0.2) is 8.78 Å². The minimum atomic E-state index is -2.49. The summed E-state index contributed by atoms with van der Waals surface area (Å²) in [5, 5.41) is 10.0. The molecule has 0 fully saturated rings. The van der Waals surface area contributed by atoms with Gasteiger partial charge in [0.15, 0.2) is 0 Å². The van der Waals surface area contributed by atoms with E-state index in [1.165, 1.54) is 7.11 Å². The lowest BCUT2D eigenvalue weighted by molar-refractivity contribution is 0.00460. The van der Waals surface area contributed by atoms with Crippen molar-refractivity contribution in [2.45, 2.75) is 25.9 Å². The molecular formula is C13H17BrF2O3. The van der Waals surface area contributed by atoms with Crippen molar-refractivity contribution in [1.82, 2.24) is 0 Å². The molecule has 0 radical (unpaired) electrons. The summed E-state index contributed by atoms with van der Waals surface area (Å²) in [4.78, 5) is 0. The number of rotatable bonds is 7. The Labute approximate surface area is 119 Å². The zero-order chi connectivity index (χ0) is 14.4.